The zero-order valence-electron chi connectivity index (χ0n) is 13.1. The first-order valence-electron chi connectivity index (χ1n) is 7.01. The molecule has 0 aliphatic carbocycles. The summed E-state index contributed by atoms with van der Waals surface area (Å²) in [4.78, 5) is 2.13. The van der Waals surface area contributed by atoms with Gasteiger partial charge in [0, 0.05) is 0 Å². The maximum atomic E-state index is 9.38. The van der Waals surface area contributed by atoms with E-state index in [9.17, 15) is 5.26 Å². The minimum atomic E-state index is -0.401. The van der Waals surface area contributed by atoms with Gasteiger partial charge in [-0.15, -0.1) is 0 Å². The van der Waals surface area contributed by atoms with E-state index in [1.54, 1.807) is 0 Å². The molecule has 0 N–H and O–H groups in total. The van der Waals surface area contributed by atoms with E-state index in [2.05, 4.69) is 49.1 Å². The summed E-state index contributed by atoms with van der Waals surface area (Å²) in [6.07, 6.45) is 1.15. The van der Waals surface area contributed by atoms with Crippen LogP contribution in [0.3, 0.4) is 0 Å². The Morgan fingerprint density at radius 1 is 1.16 bits per heavy atom. The van der Waals surface area contributed by atoms with Gasteiger partial charge >= 0.3 is 0 Å². The second kappa shape index (κ2) is 6.21. The van der Waals surface area contributed by atoms with Gasteiger partial charge < -0.3 is 4.90 Å². The minimum absolute atomic E-state index is 0.114. The van der Waals surface area contributed by atoms with Crippen LogP contribution in [0.15, 0.2) is 24.3 Å². The first kappa shape index (κ1) is 15.7. The fraction of sp³-hybridized carbons (Fsp3) is 0.588. The SMILES string of the molecule is CCC(C)c1ccc(C(N(C)C)C(C)(C)C#N)cc1. The molecule has 0 aliphatic rings. The van der Waals surface area contributed by atoms with E-state index in [1.165, 1.54) is 11.1 Å². The van der Waals surface area contributed by atoms with Crippen molar-refractivity contribution in [1.29, 1.82) is 5.26 Å². The van der Waals surface area contributed by atoms with Crippen molar-refractivity contribution in [3.05, 3.63) is 35.4 Å². The molecule has 0 saturated heterocycles. The molecule has 0 aliphatic heterocycles. The van der Waals surface area contributed by atoms with Crippen LogP contribution in [0.25, 0.3) is 0 Å². The Bertz CT molecular complexity index is 437. The Hall–Kier alpha value is -1.33. The fourth-order valence-electron chi connectivity index (χ4n) is 2.66. The molecule has 0 saturated carbocycles. The molecule has 0 heterocycles. The second-order valence-electron chi connectivity index (χ2n) is 6.18. The Morgan fingerprint density at radius 2 is 1.63 bits per heavy atom. The van der Waals surface area contributed by atoms with E-state index >= 15 is 0 Å². The number of hydrogen-bond donors (Lipinski definition) is 0. The zero-order valence-corrected chi connectivity index (χ0v) is 13.1. The average Bonchev–Trinajstić information content (AvgIpc) is 2.38. The summed E-state index contributed by atoms with van der Waals surface area (Å²) in [5.74, 6) is 0.593. The van der Waals surface area contributed by atoms with Gasteiger partial charge in [-0.3, -0.25) is 0 Å². The quantitative estimate of drug-likeness (QED) is 0.785. The van der Waals surface area contributed by atoms with E-state index < -0.39 is 5.41 Å². The molecule has 2 nitrogen and oxygen atoms in total. The van der Waals surface area contributed by atoms with Crippen LogP contribution in [0, 0.1) is 16.7 Å². The summed E-state index contributed by atoms with van der Waals surface area (Å²) < 4.78 is 0. The lowest BCUT2D eigenvalue weighted by molar-refractivity contribution is 0.185. The van der Waals surface area contributed by atoms with Gasteiger partial charge in [-0.25, -0.2) is 0 Å². The predicted molar refractivity (Wildman–Crippen MR) is 81.0 cm³/mol. The number of rotatable bonds is 5. The molecule has 0 spiro atoms. The Morgan fingerprint density at radius 3 is 2.00 bits per heavy atom. The van der Waals surface area contributed by atoms with Crippen molar-refractivity contribution in [2.24, 2.45) is 5.41 Å². The number of benzene rings is 1. The summed E-state index contributed by atoms with van der Waals surface area (Å²) in [5, 5.41) is 9.38. The van der Waals surface area contributed by atoms with Crippen LogP contribution in [0.5, 0.6) is 0 Å². The molecule has 1 aromatic carbocycles. The highest BCUT2D eigenvalue weighted by Gasteiger charge is 2.32. The molecule has 19 heavy (non-hydrogen) atoms. The van der Waals surface area contributed by atoms with Gasteiger partial charge in [0.2, 0.25) is 0 Å². The molecule has 0 bridgehead atoms. The van der Waals surface area contributed by atoms with Crippen LogP contribution in [-0.2, 0) is 0 Å². The summed E-state index contributed by atoms with van der Waals surface area (Å²) >= 11 is 0. The highest BCUT2D eigenvalue weighted by Crippen LogP contribution is 2.36. The monoisotopic (exact) mass is 258 g/mol. The second-order valence-corrected chi connectivity index (χ2v) is 6.18. The van der Waals surface area contributed by atoms with Crippen LogP contribution >= 0.6 is 0 Å². The van der Waals surface area contributed by atoms with E-state index in [4.69, 9.17) is 0 Å². The molecule has 0 radical (unpaired) electrons. The number of hydrogen-bond acceptors (Lipinski definition) is 2. The smallest absolute Gasteiger partial charge is 0.0714 e. The summed E-state index contributed by atoms with van der Waals surface area (Å²) in [6.45, 7) is 8.46. The lowest BCUT2D eigenvalue weighted by atomic mass is 9.80. The lowest BCUT2D eigenvalue weighted by Crippen LogP contribution is -2.32. The first-order chi connectivity index (χ1) is 8.83. The largest absolute Gasteiger partial charge is 0.301 e. The number of nitrogens with zero attached hydrogens (tertiary/aromatic N) is 2. The molecular weight excluding hydrogens is 232 g/mol. The minimum Gasteiger partial charge on any atom is -0.301 e. The van der Waals surface area contributed by atoms with Crippen LogP contribution in [0.1, 0.15) is 57.2 Å². The van der Waals surface area contributed by atoms with E-state index in [-0.39, 0.29) is 6.04 Å². The first-order valence-corrected chi connectivity index (χ1v) is 7.01. The molecule has 2 atom stereocenters. The van der Waals surface area contributed by atoms with Crippen LogP contribution in [0.4, 0.5) is 0 Å². The van der Waals surface area contributed by atoms with Crippen LogP contribution in [-0.4, -0.2) is 19.0 Å². The molecule has 2 heteroatoms. The standard InChI is InChI=1S/C17H26N2/c1-7-13(2)14-8-10-15(11-9-14)16(19(5)6)17(3,4)12-18/h8-11,13,16H,7H2,1-6H3. The van der Waals surface area contributed by atoms with Gasteiger partial charge in [0.05, 0.1) is 17.5 Å². The van der Waals surface area contributed by atoms with Gasteiger partial charge in [-0.1, -0.05) is 38.1 Å². The maximum Gasteiger partial charge on any atom is 0.0714 e. The van der Waals surface area contributed by atoms with Crippen LogP contribution < -0.4 is 0 Å². The molecule has 104 valence electrons. The summed E-state index contributed by atoms with van der Waals surface area (Å²) in [5.41, 5.74) is 2.18. The highest BCUT2D eigenvalue weighted by atomic mass is 15.1. The van der Waals surface area contributed by atoms with Gasteiger partial charge in [0.1, 0.15) is 0 Å². The Kier molecular flexibility index (Phi) is 5.14. The third kappa shape index (κ3) is 3.58. The van der Waals surface area contributed by atoms with Gasteiger partial charge in [0.25, 0.3) is 0 Å². The fourth-order valence-corrected chi connectivity index (χ4v) is 2.66. The lowest BCUT2D eigenvalue weighted by Gasteiger charge is -2.34. The van der Waals surface area contributed by atoms with Crippen molar-refractivity contribution >= 4 is 0 Å². The number of nitriles is 1. The summed E-state index contributed by atoms with van der Waals surface area (Å²) in [7, 11) is 4.07. The molecule has 1 aromatic rings. The van der Waals surface area contributed by atoms with Crippen LogP contribution in [0.2, 0.25) is 0 Å². The van der Waals surface area contributed by atoms with Crippen molar-refractivity contribution < 1.29 is 0 Å². The molecular formula is C17H26N2. The summed E-state index contributed by atoms with van der Waals surface area (Å²) in [6, 6.07) is 11.3. The van der Waals surface area contributed by atoms with Gasteiger partial charge in [-0.2, -0.15) is 5.26 Å². The third-order valence-electron chi connectivity index (χ3n) is 3.92. The maximum absolute atomic E-state index is 9.38. The third-order valence-corrected chi connectivity index (χ3v) is 3.92. The van der Waals surface area contributed by atoms with Crippen molar-refractivity contribution in [2.45, 2.75) is 46.1 Å². The van der Waals surface area contributed by atoms with Crippen molar-refractivity contribution in [3.8, 4) is 6.07 Å². The Labute approximate surface area is 118 Å². The normalized spacial score (nSPS) is 15.1. The van der Waals surface area contributed by atoms with E-state index in [0.29, 0.717) is 5.92 Å². The highest BCUT2D eigenvalue weighted by molar-refractivity contribution is 5.29. The molecule has 1 rings (SSSR count). The Balaban J connectivity index is 3.10. The van der Waals surface area contributed by atoms with Crippen molar-refractivity contribution in [3.63, 3.8) is 0 Å². The van der Waals surface area contributed by atoms with Gasteiger partial charge in [-0.05, 0) is 51.4 Å². The zero-order chi connectivity index (χ0) is 14.6. The molecule has 0 fully saturated rings. The van der Waals surface area contributed by atoms with Crippen molar-refractivity contribution in [1.82, 2.24) is 4.90 Å². The predicted octanol–water partition coefficient (Wildman–Crippen LogP) is 4.35. The molecule has 0 amide bonds. The average molecular weight is 258 g/mol. The van der Waals surface area contributed by atoms with E-state index in [0.717, 1.165) is 6.42 Å². The topological polar surface area (TPSA) is 27.0 Å². The van der Waals surface area contributed by atoms with Gasteiger partial charge in [0.15, 0.2) is 0 Å². The molecule has 0 aromatic heterocycles. The van der Waals surface area contributed by atoms with Crippen molar-refractivity contribution in [2.75, 3.05) is 14.1 Å². The van der Waals surface area contributed by atoms with E-state index in [1.807, 2.05) is 27.9 Å². The molecule has 2 unspecified atom stereocenters.